The Hall–Kier alpha value is -1.64. The molecule has 1 aromatic rings. The van der Waals surface area contributed by atoms with Crippen molar-refractivity contribution in [3.63, 3.8) is 0 Å². The summed E-state index contributed by atoms with van der Waals surface area (Å²) in [5.74, 6) is -0.192. The van der Waals surface area contributed by atoms with Crippen molar-refractivity contribution in [2.45, 2.75) is 0 Å². The summed E-state index contributed by atoms with van der Waals surface area (Å²) >= 11 is 0. The minimum atomic E-state index is -0.0999. The van der Waals surface area contributed by atoms with Gasteiger partial charge in [-0.1, -0.05) is 0 Å². The van der Waals surface area contributed by atoms with Crippen molar-refractivity contribution >= 4 is 11.6 Å². The van der Waals surface area contributed by atoms with Gasteiger partial charge in [-0.15, -0.1) is 0 Å². The number of fused-ring (bicyclic) bond motifs is 1. The van der Waals surface area contributed by atoms with E-state index >= 15 is 0 Å². The molecule has 0 N–H and O–H groups in total. The van der Waals surface area contributed by atoms with Gasteiger partial charge in [0.25, 0.3) is 0 Å². The summed E-state index contributed by atoms with van der Waals surface area (Å²) in [6.07, 6.45) is 4.34. The minimum absolute atomic E-state index is 0.0924. The number of hydrogen-bond acceptors (Lipinski definition) is 2. The van der Waals surface area contributed by atoms with Crippen LogP contribution in [0.15, 0.2) is 24.4 Å². The molecule has 0 saturated heterocycles. The molecule has 1 aromatic heterocycles. The number of allylic oxidation sites excluding steroid dienone is 2. The van der Waals surface area contributed by atoms with Gasteiger partial charge in [-0.05, 0) is 18.2 Å². The highest BCUT2D eigenvalue weighted by atomic mass is 16.1. The zero-order chi connectivity index (χ0) is 8.72. The third-order valence-electron chi connectivity index (χ3n) is 1.96. The van der Waals surface area contributed by atoms with E-state index in [1.165, 1.54) is 12.2 Å². The Bertz CT molecular complexity index is 399. The highest BCUT2D eigenvalue weighted by Gasteiger charge is 2.21. The maximum atomic E-state index is 11.3. The number of carbonyl (C=O) groups excluding carboxylic acids is 2. The Morgan fingerprint density at radius 2 is 1.83 bits per heavy atom. The second kappa shape index (κ2) is 2.17. The maximum Gasteiger partial charge on any atom is 0.203 e. The molecule has 0 amide bonds. The number of carbonyl (C=O) groups is 2. The maximum absolute atomic E-state index is 11.3. The molecule has 1 aliphatic rings. The first-order valence-corrected chi connectivity index (χ1v) is 3.62. The van der Waals surface area contributed by atoms with Gasteiger partial charge in [0.15, 0.2) is 5.78 Å². The molecule has 1 aliphatic carbocycles. The summed E-state index contributed by atoms with van der Waals surface area (Å²) in [5.41, 5.74) is 0.993. The SMILES string of the molecule is Cn1ccc2c1C(=O)C=CC2=O. The summed E-state index contributed by atoms with van der Waals surface area (Å²) in [6, 6.07) is 1.67. The highest BCUT2D eigenvalue weighted by molar-refractivity contribution is 6.21. The Kier molecular flexibility index (Phi) is 1.27. The van der Waals surface area contributed by atoms with Crippen molar-refractivity contribution < 1.29 is 9.59 Å². The number of hydrogen-bond donors (Lipinski definition) is 0. The first-order valence-electron chi connectivity index (χ1n) is 3.62. The van der Waals surface area contributed by atoms with Crippen molar-refractivity contribution in [2.24, 2.45) is 7.05 Å². The fraction of sp³-hybridized carbons (Fsp3) is 0.111. The summed E-state index contributed by atoms with van der Waals surface area (Å²) < 4.78 is 1.67. The van der Waals surface area contributed by atoms with E-state index < -0.39 is 0 Å². The largest absolute Gasteiger partial charge is 0.347 e. The molecule has 0 saturated carbocycles. The molecule has 0 atom stereocenters. The first kappa shape index (κ1) is 7.03. The second-order valence-corrected chi connectivity index (χ2v) is 2.75. The lowest BCUT2D eigenvalue weighted by Crippen LogP contribution is -2.13. The lowest BCUT2D eigenvalue weighted by Gasteiger charge is -2.05. The van der Waals surface area contributed by atoms with Gasteiger partial charge in [0, 0.05) is 13.2 Å². The Morgan fingerprint density at radius 3 is 2.50 bits per heavy atom. The fourth-order valence-corrected chi connectivity index (χ4v) is 1.36. The lowest BCUT2D eigenvalue weighted by atomic mass is 10.0. The average molecular weight is 161 g/mol. The van der Waals surface area contributed by atoms with Crippen molar-refractivity contribution in [2.75, 3.05) is 0 Å². The van der Waals surface area contributed by atoms with E-state index in [0.29, 0.717) is 11.3 Å². The Morgan fingerprint density at radius 1 is 1.17 bits per heavy atom. The third-order valence-corrected chi connectivity index (χ3v) is 1.96. The number of aromatic nitrogens is 1. The van der Waals surface area contributed by atoms with E-state index in [1.54, 1.807) is 23.9 Å². The minimum Gasteiger partial charge on any atom is -0.347 e. The fourth-order valence-electron chi connectivity index (χ4n) is 1.36. The normalized spacial score (nSPS) is 15.1. The van der Waals surface area contributed by atoms with E-state index in [2.05, 4.69) is 0 Å². The molecule has 0 unspecified atom stereocenters. The van der Waals surface area contributed by atoms with Crippen molar-refractivity contribution in [3.05, 3.63) is 35.7 Å². The molecule has 2 rings (SSSR count). The van der Waals surface area contributed by atoms with Gasteiger partial charge in [0.1, 0.15) is 0 Å². The van der Waals surface area contributed by atoms with Crippen LogP contribution in [0.2, 0.25) is 0 Å². The molecule has 1 heterocycles. The predicted molar refractivity (Wildman–Crippen MR) is 43.2 cm³/mol. The summed E-state index contributed by atoms with van der Waals surface area (Å²) in [7, 11) is 1.75. The van der Waals surface area contributed by atoms with Gasteiger partial charge >= 0.3 is 0 Å². The van der Waals surface area contributed by atoms with Gasteiger partial charge in [-0.25, -0.2) is 0 Å². The van der Waals surface area contributed by atoms with Gasteiger partial charge in [-0.3, -0.25) is 9.59 Å². The summed E-state index contributed by atoms with van der Waals surface area (Å²) in [4.78, 5) is 22.4. The van der Waals surface area contributed by atoms with Gasteiger partial charge in [-0.2, -0.15) is 0 Å². The molecule has 12 heavy (non-hydrogen) atoms. The number of ketones is 2. The topological polar surface area (TPSA) is 39.1 Å². The summed E-state index contributed by atoms with van der Waals surface area (Å²) in [6.45, 7) is 0. The van der Waals surface area contributed by atoms with Crippen molar-refractivity contribution in [1.82, 2.24) is 4.57 Å². The van der Waals surface area contributed by atoms with E-state index in [0.717, 1.165) is 0 Å². The van der Waals surface area contributed by atoms with E-state index in [9.17, 15) is 9.59 Å². The van der Waals surface area contributed by atoms with E-state index in [4.69, 9.17) is 0 Å². The van der Waals surface area contributed by atoms with Crippen LogP contribution in [-0.4, -0.2) is 16.1 Å². The molecule has 60 valence electrons. The smallest absolute Gasteiger partial charge is 0.203 e. The van der Waals surface area contributed by atoms with Crippen LogP contribution in [0.4, 0.5) is 0 Å². The van der Waals surface area contributed by atoms with E-state index in [1.807, 2.05) is 0 Å². The summed E-state index contributed by atoms with van der Waals surface area (Å²) in [5, 5.41) is 0. The van der Waals surface area contributed by atoms with Crippen molar-refractivity contribution in [1.29, 1.82) is 0 Å². The van der Waals surface area contributed by atoms with Gasteiger partial charge < -0.3 is 4.57 Å². The predicted octanol–water partition coefficient (Wildman–Crippen LogP) is 0.960. The molecule has 0 radical (unpaired) electrons. The molecule has 0 aromatic carbocycles. The van der Waals surface area contributed by atoms with Crippen LogP contribution in [-0.2, 0) is 7.05 Å². The quantitative estimate of drug-likeness (QED) is 0.568. The highest BCUT2D eigenvalue weighted by Crippen LogP contribution is 2.16. The average Bonchev–Trinajstić information content (AvgIpc) is 2.42. The zero-order valence-electron chi connectivity index (χ0n) is 6.57. The molecular formula is C9H7NO2. The number of nitrogens with zero attached hydrogens (tertiary/aromatic N) is 1. The Balaban J connectivity index is 2.72. The van der Waals surface area contributed by atoms with Gasteiger partial charge in [0.2, 0.25) is 5.78 Å². The van der Waals surface area contributed by atoms with Crippen LogP contribution in [0.1, 0.15) is 20.8 Å². The molecule has 3 heteroatoms. The van der Waals surface area contributed by atoms with Gasteiger partial charge in [0.05, 0.1) is 11.3 Å². The molecular weight excluding hydrogens is 154 g/mol. The zero-order valence-corrected chi connectivity index (χ0v) is 6.57. The van der Waals surface area contributed by atoms with Crippen LogP contribution in [0, 0.1) is 0 Å². The van der Waals surface area contributed by atoms with Crippen LogP contribution >= 0.6 is 0 Å². The van der Waals surface area contributed by atoms with Crippen LogP contribution < -0.4 is 0 Å². The monoisotopic (exact) mass is 161 g/mol. The Labute approximate surface area is 69.3 Å². The molecule has 0 bridgehead atoms. The van der Waals surface area contributed by atoms with E-state index in [-0.39, 0.29) is 11.6 Å². The molecule has 0 spiro atoms. The van der Waals surface area contributed by atoms with Crippen LogP contribution in [0.5, 0.6) is 0 Å². The van der Waals surface area contributed by atoms with Crippen LogP contribution in [0.3, 0.4) is 0 Å². The lowest BCUT2D eigenvalue weighted by molar-refractivity contribution is 0.0989. The molecule has 0 aliphatic heterocycles. The van der Waals surface area contributed by atoms with Crippen LogP contribution in [0.25, 0.3) is 0 Å². The standard InChI is InChI=1S/C9H7NO2/c1-10-5-4-6-7(11)2-3-8(12)9(6)10/h2-5H,1H3. The first-order chi connectivity index (χ1) is 5.70. The number of rotatable bonds is 0. The molecule has 0 fully saturated rings. The van der Waals surface area contributed by atoms with Crippen molar-refractivity contribution in [3.8, 4) is 0 Å². The molecule has 3 nitrogen and oxygen atoms in total. The second-order valence-electron chi connectivity index (χ2n) is 2.75. The third kappa shape index (κ3) is 0.763. The number of aryl methyl sites for hydroxylation is 1.